The van der Waals surface area contributed by atoms with Crippen molar-refractivity contribution in [1.29, 1.82) is 0 Å². The molecular weight excluding hydrogens is 221 g/mol. The van der Waals surface area contributed by atoms with Crippen LogP contribution in [-0.4, -0.2) is 17.1 Å². The summed E-state index contributed by atoms with van der Waals surface area (Å²) in [6, 6.07) is 2.90. The summed E-state index contributed by atoms with van der Waals surface area (Å²) in [5.74, 6) is -1.56. The highest BCUT2D eigenvalue weighted by Gasteiger charge is 2.47. The first-order valence-corrected chi connectivity index (χ1v) is 5.68. The SMILES string of the molecule is Cc1c(F)cc(C2(C(C)N)CC2)cc1C(=O)O. The minimum atomic E-state index is -1.09. The van der Waals surface area contributed by atoms with Gasteiger partial charge >= 0.3 is 5.97 Å². The van der Waals surface area contributed by atoms with E-state index in [2.05, 4.69) is 0 Å². The van der Waals surface area contributed by atoms with Crippen LogP contribution in [0.5, 0.6) is 0 Å². The molecule has 1 fully saturated rings. The van der Waals surface area contributed by atoms with Crippen molar-refractivity contribution in [1.82, 2.24) is 0 Å². The summed E-state index contributed by atoms with van der Waals surface area (Å²) in [5, 5.41) is 9.04. The van der Waals surface area contributed by atoms with E-state index in [0.717, 1.165) is 12.8 Å². The number of halogens is 1. The topological polar surface area (TPSA) is 63.3 Å². The zero-order chi connectivity index (χ0) is 12.8. The van der Waals surface area contributed by atoms with E-state index >= 15 is 0 Å². The highest BCUT2D eigenvalue weighted by atomic mass is 19.1. The average Bonchev–Trinajstić information content (AvgIpc) is 3.02. The second kappa shape index (κ2) is 3.81. The molecule has 0 bridgehead atoms. The van der Waals surface area contributed by atoms with Crippen molar-refractivity contribution in [2.45, 2.75) is 38.1 Å². The molecule has 0 amide bonds. The molecule has 0 radical (unpaired) electrons. The summed E-state index contributed by atoms with van der Waals surface area (Å²) in [6.45, 7) is 3.36. The normalized spacial score (nSPS) is 18.8. The number of nitrogens with two attached hydrogens (primary N) is 1. The molecule has 3 N–H and O–H groups in total. The molecule has 1 aliphatic carbocycles. The van der Waals surface area contributed by atoms with Crippen LogP contribution in [0, 0.1) is 12.7 Å². The first-order valence-electron chi connectivity index (χ1n) is 5.68. The van der Waals surface area contributed by atoms with Crippen LogP contribution in [0.15, 0.2) is 12.1 Å². The Kier molecular flexibility index (Phi) is 2.70. The van der Waals surface area contributed by atoms with E-state index < -0.39 is 11.8 Å². The Labute approximate surface area is 99.4 Å². The fourth-order valence-electron chi connectivity index (χ4n) is 2.33. The molecule has 1 aromatic carbocycles. The van der Waals surface area contributed by atoms with Crippen molar-refractivity contribution in [3.8, 4) is 0 Å². The Bertz CT molecular complexity index is 479. The van der Waals surface area contributed by atoms with E-state index in [-0.39, 0.29) is 22.6 Å². The Morgan fingerprint density at radius 3 is 2.53 bits per heavy atom. The fraction of sp³-hybridized carbons (Fsp3) is 0.462. The summed E-state index contributed by atoms with van der Waals surface area (Å²) in [6.07, 6.45) is 1.79. The van der Waals surface area contributed by atoms with E-state index in [1.165, 1.54) is 13.0 Å². The first-order chi connectivity index (χ1) is 7.88. The summed E-state index contributed by atoms with van der Waals surface area (Å²) in [5.41, 5.74) is 6.62. The Morgan fingerprint density at radius 2 is 2.12 bits per heavy atom. The second-order valence-corrected chi connectivity index (χ2v) is 4.88. The Morgan fingerprint density at radius 1 is 1.53 bits per heavy atom. The lowest BCUT2D eigenvalue weighted by Crippen LogP contribution is -2.32. The predicted octanol–water partition coefficient (Wildman–Crippen LogP) is 2.21. The fourth-order valence-corrected chi connectivity index (χ4v) is 2.33. The van der Waals surface area contributed by atoms with E-state index in [9.17, 15) is 9.18 Å². The van der Waals surface area contributed by atoms with Crippen LogP contribution < -0.4 is 5.73 Å². The molecule has 1 saturated carbocycles. The van der Waals surface area contributed by atoms with Gasteiger partial charge in [0.1, 0.15) is 5.82 Å². The molecule has 1 unspecified atom stereocenters. The molecule has 1 atom stereocenters. The van der Waals surface area contributed by atoms with Crippen LogP contribution in [0.4, 0.5) is 4.39 Å². The van der Waals surface area contributed by atoms with E-state index in [0.29, 0.717) is 5.56 Å². The molecule has 1 aromatic rings. The van der Waals surface area contributed by atoms with Gasteiger partial charge in [-0.3, -0.25) is 0 Å². The minimum Gasteiger partial charge on any atom is -0.478 e. The number of hydrogen-bond acceptors (Lipinski definition) is 2. The van der Waals surface area contributed by atoms with Gasteiger partial charge in [0.05, 0.1) is 5.56 Å². The zero-order valence-corrected chi connectivity index (χ0v) is 9.96. The van der Waals surface area contributed by atoms with Gasteiger partial charge in [0.15, 0.2) is 0 Å². The highest BCUT2D eigenvalue weighted by molar-refractivity contribution is 5.89. The maximum atomic E-state index is 13.7. The van der Waals surface area contributed by atoms with Crippen LogP contribution >= 0.6 is 0 Å². The van der Waals surface area contributed by atoms with Gasteiger partial charge in [0.25, 0.3) is 0 Å². The molecule has 0 aromatic heterocycles. The lowest BCUT2D eigenvalue weighted by molar-refractivity contribution is 0.0695. The van der Waals surface area contributed by atoms with Gasteiger partial charge in [-0.25, -0.2) is 9.18 Å². The van der Waals surface area contributed by atoms with E-state index in [1.54, 1.807) is 6.07 Å². The van der Waals surface area contributed by atoms with Crippen LogP contribution in [0.2, 0.25) is 0 Å². The largest absolute Gasteiger partial charge is 0.478 e. The average molecular weight is 237 g/mol. The predicted molar refractivity (Wildman–Crippen MR) is 62.7 cm³/mol. The van der Waals surface area contributed by atoms with E-state index in [4.69, 9.17) is 10.8 Å². The second-order valence-electron chi connectivity index (χ2n) is 4.88. The molecule has 0 spiro atoms. The lowest BCUT2D eigenvalue weighted by Gasteiger charge is -2.21. The highest BCUT2D eigenvalue weighted by Crippen LogP contribution is 2.50. The number of carboxylic acids is 1. The van der Waals surface area contributed by atoms with Gasteiger partial charge in [0, 0.05) is 11.5 Å². The molecule has 2 rings (SSSR count). The Hall–Kier alpha value is -1.42. The third-order valence-corrected chi connectivity index (χ3v) is 3.81. The Balaban J connectivity index is 2.54. The van der Waals surface area contributed by atoms with Gasteiger partial charge in [-0.05, 0) is 49.9 Å². The molecule has 0 aliphatic heterocycles. The molecule has 1 aliphatic rings. The number of carbonyl (C=O) groups is 1. The van der Waals surface area contributed by atoms with Crippen molar-refractivity contribution >= 4 is 5.97 Å². The summed E-state index contributed by atoms with van der Waals surface area (Å²) in [4.78, 5) is 11.0. The van der Waals surface area contributed by atoms with Crippen LogP contribution in [-0.2, 0) is 5.41 Å². The maximum Gasteiger partial charge on any atom is 0.336 e. The molecule has 0 saturated heterocycles. The summed E-state index contributed by atoms with van der Waals surface area (Å²) < 4.78 is 13.7. The monoisotopic (exact) mass is 237 g/mol. The third kappa shape index (κ3) is 1.82. The van der Waals surface area contributed by atoms with Gasteiger partial charge in [0.2, 0.25) is 0 Å². The van der Waals surface area contributed by atoms with Gasteiger partial charge < -0.3 is 10.8 Å². The van der Waals surface area contributed by atoms with Crippen molar-refractivity contribution in [2.24, 2.45) is 5.73 Å². The van der Waals surface area contributed by atoms with Gasteiger partial charge in [-0.15, -0.1) is 0 Å². The van der Waals surface area contributed by atoms with Gasteiger partial charge in [-0.2, -0.15) is 0 Å². The third-order valence-electron chi connectivity index (χ3n) is 3.81. The summed E-state index contributed by atoms with van der Waals surface area (Å²) >= 11 is 0. The van der Waals surface area contributed by atoms with Gasteiger partial charge in [-0.1, -0.05) is 0 Å². The molecule has 92 valence electrons. The number of rotatable bonds is 3. The number of hydrogen-bond donors (Lipinski definition) is 2. The zero-order valence-electron chi connectivity index (χ0n) is 9.96. The minimum absolute atomic E-state index is 0.0342. The quantitative estimate of drug-likeness (QED) is 0.847. The van der Waals surface area contributed by atoms with E-state index in [1.807, 2.05) is 6.92 Å². The van der Waals surface area contributed by atoms with Crippen LogP contribution in [0.3, 0.4) is 0 Å². The van der Waals surface area contributed by atoms with Crippen molar-refractivity contribution in [3.63, 3.8) is 0 Å². The molecule has 3 nitrogen and oxygen atoms in total. The first kappa shape index (κ1) is 12.0. The molecular formula is C13H16FNO2. The number of aromatic carboxylic acids is 1. The number of benzene rings is 1. The lowest BCUT2D eigenvalue weighted by atomic mass is 9.87. The molecule has 4 heteroatoms. The maximum absolute atomic E-state index is 13.7. The van der Waals surface area contributed by atoms with Crippen LogP contribution in [0.1, 0.15) is 41.3 Å². The molecule has 17 heavy (non-hydrogen) atoms. The van der Waals surface area contributed by atoms with Crippen LogP contribution in [0.25, 0.3) is 0 Å². The summed E-state index contributed by atoms with van der Waals surface area (Å²) in [7, 11) is 0. The molecule has 0 heterocycles. The van der Waals surface area contributed by atoms with Crippen molar-refractivity contribution in [3.05, 3.63) is 34.6 Å². The number of carboxylic acid groups (broad SMARTS) is 1. The standard InChI is InChI=1S/C13H16FNO2/c1-7-10(12(16)17)5-9(6-11(7)14)13(3-4-13)8(2)15/h5-6,8H,3-4,15H2,1-2H3,(H,16,17). The van der Waals surface area contributed by atoms with Crippen molar-refractivity contribution in [2.75, 3.05) is 0 Å². The van der Waals surface area contributed by atoms with Crippen molar-refractivity contribution < 1.29 is 14.3 Å². The smallest absolute Gasteiger partial charge is 0.336 e.